The van der Waals surface area contributed by atoms with E-state index in [1.54, 1.807) is 30.5 Å². The summed E-state index contributed by atoms with van der Waals surface area (Å²) in [4.78, 5) is 33.0. The summed E-state index contributed by atoms with van der Waals surface area (Å²) in [7, 11) is 0. The van der Waals surface area contributed by atoms with E-state index >= 15 is 0 Å². The van der Waals surface area contributed by atoms with Crippen molar-refractivity contribution >= 4 is 23.4 Å². The van der Waals surface area contributed by atoms with Gasteiger partial charge in [0.15, 0.2) is 0 Å². The lowest BCUT2D eigenvalue weighted by molar-refractivity contribution is -0.171. The second kappa shape index (κ2) is 7.89. The maximum Gasteiger partial charge on any atom is 0.253 e. The summed E-state index contributed by atoms with van der Waals surface area (Å²) >= 11 is 6.01. The molecular formula is C21H22ClN3O3. The first-order valence-corrected chi connectivity index (χ1v) is 9.79. The molecule has 1 aromatic carbocycles. The summed E-state index contributed by atoms with van der Waals surface area (Å²) in [5, 5.41) is 0.554. The number of amides is 2. The molecule has 2 saturated heterocycles. The van der Waals surface area contributed by atoms with Gasteiger partial charge in [0.1, 0.15) is 6.61 Å². The molecule has 2 aromatic rings. The third-order valence-corrected chi connectivity index (χ3v) is 5.68. The Morgan fingerprint density at radius 1 is 1.18 bits per heavy atom. The molecule has 7 heteroatoms. The lowest BCUT2D eigenvalue weighted by Crippen LogP contribution is -2.59. The van der Waals surface area contributed by atoms with Gasteiger partial charge in [-0.3, -0.25) is 14.6 Å². The average Bonchev–Trinajstić information content (AvgIpc) is 2.72. The molecule has 2 aliphatic heterocycles. The molecular weight excluding hydrogens is 378 g/mol. The summed E-state index contributed by atoms with van der Waals surface area (Å²) in [6.45, 7) is 2.28. The number of rotatable bonds is 3. The van der Waals surface area contributed by atoms with Crippen molar-refractivity contribution in [3.05, 3.63) is 64.9 Å². The number of hydrogen-bond donors (Lipinski definition) is 0. The number of hydrogen-bond acceptors (Lipinski definition) is 4. The Morgan fingerprint density at radius 3 is 2.71 bits per heavy atom. The topological polar surface area (TPSA) is 62.7 Å². The number of likely N-dealkylation sites (tertiary alicyclic amines) is 1. The van der Waals surface area contributed by atoms with Crippen molar-refractivity contribution in [1.82, 2.24) is 14.8 Å². The molecule has 146 valence electrons. The van der Waals surface area contributed by atoms with Gasteiger partial charge in [-0.05, 0) is 43.2 Å². The third kappa shape index (κ3) is 4.03. The highest BCUT2D eigenvalue weighted by Gasteiger charge is 2.43. The first kappa shape index (κ1) is 18.9. The number of carbonyl (C=O) groups is 2. The summed E-state index contributed by atoms with van der Waals surface area (Å²) in [6, 6.07) is 12.7. The van der Waals surface area contributed by atoms with Gasteiger partial charge < -0.3 is 14.5 Å². The van der Waals surface area contributed by atoms with Crippen LogP contribution >= 0.6 is 11.6 Å². The second-order valence-corrected chi connectivity index (χ2v) is 7.78. The quantitative estimate of drug-likeness (QED) is 0.796. The Hall–Kier alpha value is -2.44. The van der Waals surface area contributed by atoms with Crippen LogP contribution in [0, 0.1) is 0 Å². The zero-order chi connectivity index (χ0) is 19.6. The molecule has 0 N–H and O–H groups in total. The van der Waals surface area contributed by atoms with Crippen LogP contribution in [-0.4, -0.2) is 58.4 Å². The van der Waals surface area contributed by atoms with E-state index in [1.165, 1.54) is 0 Å². The summed E-state index contributed by atoms with van der Waals surface area (Å²) in [5.74, 6) is -0.0386. The SMILES string of the molecule is O=C1COC2(CCN(C(=O)c3cccc(Cl)c3)CC2)CN1Cc1ccccn1. The zero-order valence-corrected chi connectivity index (χ0v) is 16.3. The predicted molar refractivity (Wildman–Crippen MR) is 105 cm³/mol. The van der Waals surface area contributed by atoms with Gasteiger partial charge in [0.05, 0.1) is 24.4 Å². The number of benzene rings is 1. The van der Waals surface area contributed by atoms with Crippen LogP contribution in [0.5, 0.6) is 0 Å². The maximum atomic E-state index is 12.7. The molecule has 6 nitrogen and oxygen atoms in total. The summed E-state index contributed by atoms with van der Waals surface area (Å²) in [5.41, 5.74) is 1.06. The monoisotopic (exact) mass is 399 g/mol. The Morgan fingerprint density at radius 2 is 2.00 bits per heavy atom. The highest BCUT2D eigenvalue weighted by atomic mass is 35.5. The van der Waals surface area contributed by atoms with Gasteiger partial charge in [-0.1, -0.05) is 23.7 Å². The molecule has 1 aromatic heterocycles. The van der Waals surface area contributed by atoms with E-state index in [4.69, 9.17) is 16.3 Å². The van der Waals surface area contributed by atoms with Crippen LogP contribution in [0.1, 0.15) is 28.9 Å². The zero-order valence-electron chi connectivity index (χ0n) is 15.5. The van der Waals surface area contributed by atoms with Gasteiger partial charge in [0, 0.05) is 29.9 Å². The number of aromatic nitrogens is 1. The van der Waals surface area contributed by atoms with Crippen LogP contribution in [0.3, 0.4) is 0 Å². The molecule has 2 fully saturated rings. The van der Waals surface area contributed by atoms with Gasteiger partial charge in [0.25, 0.3) is 5.91 Å². The van der Waals surface area contributed by atoms with E-state index in [-0.39, 0.29) is 18.4 Å². The molecule has 0 atom stereocenters. The van der Waals surface area contributed by atoms with Crippen LogP contribution in [0.4, 0.5) is 0 Å². The molecule has 4 rings (SSSR count). The van der Waals surface area contributed by atoms with E-state index < -0.39 is 5.60 Å². The number of nitrogens with zero attached hydrogens (tertiary/aromatic N) is 3. The predicted octanol–water partition coefficient (Wildman–Crippen LogP) is 2.77. The normalized spacial score (nSPS) is 19.1. The fourth-order valence-corrected chi connectivity index (χ4v) is 4.03. The minimum absolute atomic E-state index is 0.0189. The van der Waals surface area contributed by atoms with Gasteiger partial charge in [-0.15, -0.1) is 0 Å². The largest absolute Gasteiger partial charge is 0.363 e. The fourth-order valence-electron chi connectivity index (χ4n) is 3.84. The second-order valence-electron chi connectivity index (χ2n) is 7.35. The number of ether oxygens (including phenoxy) is 1. The molecule has 2 aliphatic rings. The van der Waals surface area contributed by atoms with E-state index in [1.807, 2.05) is 28.0 Å². The summed E-state index contributed by atoms with van der Waals surface area (Å²) in [6.07, 6.45) is 3.13. The van der Waals surface area contributed by atoms with E-state index in [9.17, 15) is 9.59 Å². The number of piperidine rings is 1. The lowest BCUT2D eigenvalue weighted by atomic mass is 9.89. The van der Waals surface area contributed by atoms with Crippen LogP contribution in [0.2, 0.25) is 5.02 Å². The lowest BCUT2D eigenvalue weighted by Gasteiger charge is -2.47. The Labute approximate surface area is 169 Å². The Bertz CT molecular complexity index is 866. The van der Waals surface area contributed by atoms with Crippen molar-refractivity contribution in [3.8, 4) is 0 Å². The van der Waals surface area contributed by atoms with E-state index in [0.717, 1.165) is 5.69 Å². The van der Waals surface area contributed by atoms with Crippen molar-refractivity contribution in [1.29, 1.82) is 0 Å². The number of carbonyl (C=O) groups excluding carboxylic acids is 2. The van der Waals surface area contributed by atoms with Crippen molar-refractivity contribution in [2.24, 2.45) is 0 Å². The molecule has 0 saturated carbocycles. The van der Waals surface area contributed by atoms with Crippen LogP contribution in [0.25, 0.3) is 0 Å². The van der Waals surface area contributed by atoms with Crippen LogP contribution in [0.15, 0.2) is 48.7 Å². The van der Waals surface area contributed by atoms with Gasteiger partial charge >= 0.3 is 0 Å². The van der Waals surface area contributed by atoms with Gasteiger partial charge in [-0.25, -0.2) is 0 Å². The number of halogens is 1. The minimum atomic E-state index is -0.395. The molecule has 1 spiro atoms. The standard InChI is InChI=1S/C21H22ClN3O3/c22-17-5-3-4-16(12-17)20(27)24-10-7-21(8-11-24)15-25(19(26)14-28-21)13-18-6-1-2-9-23-18/h1-6,9,12H,7-8,10-11,13-15H2. The number of morpholine rings is 1. The first-order valence-electron chi connectivity index (χ1n) is 9.41. The van der Waals surface area contributed by atoms with Crippen molar-refractivity contribution < 1.29 is 14.3 Å². The molecule has 0 aliphatic carbocycles. The average molecular weight is 400 g/mol. The number of pyridine rings is 1. The van der Waals surface area contributed by atoms with E-state index in [0.29, 0.717) is 49.6 Å². The molecule has 2 amide bonds. The summed E-state index contributed by atoms with van der Waals surface area (Å²) < 4.78 is 5.97. The van der Waals surface area contributed by atoms with Crippen molar-refractivity contribution in [3.63, 3.8) is 0 Å². The highest BCUT2D eigenvalue weighted by molar-refractivity contribution is 6.30. The fraction of sp³-hybridized carbons (Fsp3) is 0.381. The van der Waals surface area contributed by atoms with Gasteiger partial charge in [-0.2, -0.15) is 0 Å². The van der Waals surface area contributed by atoms with Gasteiger partial charge in [0.2, 0.25) is 5.91 Å². The van der Waals surface area contributed by atoms with E-state index in [2.05, 4.69) is 4.98 Å². The smallest absolute Gasteiger partial charge is 0.253 e. The van der Waals surface area contributed by atoms with Crippen LogP contribution < -0.4 is 0 Å². The maximum absolute atomic E-state index is 12.7. The third-order valence-electron chi connectivity index (χ3n) is 5.45. The Balaban J connectivity index is 1.40. The minimum Gasteiger partial charge on any atom is -0.363 e. The highest BCUT2D eigenvalue weighted by Crippen LogP contribution is 2.31. The Kier molecular flexibility index (Phi) is 5.33. The molecule has 0 bridgehead atoms. The molecule has 0 unspecified atom stereocenters. The van der Waals surface area contributed by atoms with Crippen molar-refractivity contribution in [2.45, 2.75) is 25.0 Å². The first-order chi connectivity index (χ1) is 13.5. The molecule has 3 heterocycles. The van der Waals surface area contributed by atoms with Crippen molar-refractivity contribution in [2.75, 3.05) is 26.2 Å². The van der Waals surface area contributed by atoms with Crippen LogP contribution in [-0.2, 0) is 16.1 Å². The molecule has 0 radical (unpaired) electrons. The molecule has 28 heavy (non-hydrogen) atoms.